The summed E-state index contributed by atoms with van der Waals surface area (Å²) in [5.74, 6) is 1.66. The minimum atomic E-state index is 0.0658. The van der Waals surface area contributed by atoms with Crippen molar-refractivity contribution in [2.45, 2.75) is 26.4 Å². The molecule has 2 aromatic heterocycles. The minimum absolute atomic E-state index is 0.0658. The Kier molecular flexibility index (Phi) is 3.61. The molecule has 2 heterocycles. The van der Waals surface area contributed by atoms with Crippen molar-refractivity contribution in [3.05, 3.63) is 29.7 Å². The third-order valence-corrected chi connectivity index (χ3v) is 2.62. The normalized spacial score (nSPS) is 12.9. The fourth-order valence-electron chi connectivity index (χ4n) is 1.58. The van der Waals surface area contributed by atoms with Crippen molar-refractivity contribution in [2.24, 2.45) is 0 Å². The molecule has 0 aromatic carbocycles. The standard InChI is InChI=1S/C12H17N3O2/c1-8(7-16)13-5-10-6-14-15-12(10)11-4-3-9(2)17-11/h3-4,6,8,13,16H,5,7H2,1-2H3,(H,14,15). The topological polar surface area (TPSA) is 74.1 Å². The summed E-state index contributed by atoms with van der Waals surface area (Å²) in [6.45, 7) is 4.60. The Labute approximate surface area is 99.8 Å². The van der Waals surface area contributed by atoms with Gasteiger partial charge in [0.05, 0.1) is 12.8 Å². The van der Waals surface area contributed by atoms with Crippen molar-refractivity contribution in [1.29, 1.82) is 0 Å². The summed E-state index contributed by atoms with van der Waals surface area (Å²) in [4.78, 5) is 0. The zero-order valence-electron chi connectivity index (χ0n) is 10.0. The maximum Gasteiger partial charge on any atom is 0.152 e. The summed E-state index contributed by atoms with van der Waals surface area (Å²) >= 11 is 0. The van der Waals surface area contributed by atoms with E-state index in [2.05, 4.69) is 15.5 Å². The van der Waals surface area contributed by atoms with Gasteiger partial charge in [-0.05, 0) is 26.0 Å². The summed E-state index contributed by atoms with van der Waals surface area (Å²) in [5.41, 5.74) is 1.91. The molecule has 0 radical (unpaired) electrons. The highest BCUT2D eigenvalue weighted by atomic mass is 16.3. The predicted octanol–water partition coefficient (Wildman–Crippen LogP) is 1.45. The lowest BCUT2D eigenvalue weighted by Gasteiger charge is -2.09. The van der Waals surface area contributed by atoms with Gasteiger partial charge in [-0.25, -0.2) is 0 Å². The molecule has 5 heteroatoms. The second-order valence-corrected chi connectivity index (χ2v) is 4.15. The Hall–Kier alpha value is -1.59. The number of aliphatic hydroxyl groups is 1. The lowest BCUT2D eigenvalue weighted by molar-refractivity contribution is 0.251. The van der Waals surface area contributed by atoms with Crippen LogP contribution in [0.2, 0.25) is 0 Å². The average molecular weight is 235 g/mol. The number of rotatable bonds is 5. The van der Waals surface area contributed by atoms with Crippen LogP contribution in [0.1, 0.15) is 18.2 Å². The maximum atomic E-state index is 8.95. The fraction of sp³-hybridized carbons (Fsp3) is 0.417. The summed E-state index contributed by atoms with van der Waals surface area (Å²) in [7, 11) is 0. The molecule has 0 spiro atoms. The van der Waals surface area contributed by atoms with Gasteiger partial charge in [0.25, 0.3) is 0 Å². The van der Waals surface area contributed by atoms with Gasteiger partial charge in [-0.15, -0.1) is 0 Å². The number of aliphatic hydroxyl groups excluding tert-OH is 1. The van der Waals surface area contributed by atoms with Gasteiger partial charge in [0, 0.05) is 18.2 Å². The number of aryl methyl sites for hydroxylation is 1. The zero-order valence-corrected chi connectivity index (χ0v) is 10.0. The van der Waals surface area contributed by atoms with Gasteiger partial charge in [-0.2, -0.15) is 5.10 Å². The number of hydrogen-bond acceptors (Lipinski definition) is 4. The molecule has 1 unspecified atom stereocenters. The highest BCUT2D eigenvalue weighted by Crippen LogP contribution is 2.23. The largest absolute Gasteiger partial charge is 0.460 e. The second kappa shape index (κ2) is 5.16. The first-order valence-electron chi connectivity index (χ1n) is 5.64. The van der Waals surface area contributed by atoms with Crippen molar-refractivity contribution in [3.63, 3.8) is 0 Å². The maximum absolute atomic E-state index is 8.95. The van der Waals surface area contributed by atoms with E-state index in [-0.39, 0.29) is 12.6 Å². The molecule has 1 atom stereocenters. The lowest BCUT2D eigenvalue weighted by atomic mass is 10.2. The van der Waals surface area contributed by atoms with Gasteiger partial charge in [0.1, 0.15) is 11.5 Å². The number of hydrogen-bond donors (Lipinski definition) is 3. The van der Waals surface area contributed by atoms with Crippen LogP contribution in [0.5, 0.6) is 0 Å². The summed E-state index contributed by atoms with van der Waals surface area (Å²) in [5, 5.41) is 19.1. The molecule has 0 fully saturated rings. The summed E-state index contributed by atoms with van der Waals surface area (Å²) in [6, 6.07) is 3.90. The third kappa shape index (κ3) is 2.75. The van der Waals surface area contributed by atoms with Gasteiger partial charge >= 0.3 is 0 Å². The molecule has 0 bridgehead atoms. The van der Waals surface area contributed by atoms with Crippen LogP contribution in [0.25, 0.3) is 11.5 Å². The second-order valence-electron chi connectivity index (χ2n) is 4.15. The van der Waals surface area contributed by atoms with Gasteiger partial charge in [0.15, 0.2) is 5.76 Å². The molecule has 17 heavy (non-hydrogen) atoms. The van der Waals surface area contributed by atoms with E-state index in [0.29, 0.717) is 6.54 Å². The van der Waals surface area contributed by atoms with Gasteiger partial charge in [-0.1, -0.05) is 0 Å². The van der Waals surface area contributed by atoms with Crippen LogP contribution in [0.3, 0.4) is 0 Å². The van der Waals surface area contributed by atoms with Crippen LogP contribution in [0, 0.1) is 6.92 Å². The molecule has 2 rings (SSSR count). The van der Waals surface area contributed by atoms with E-state index < -0.39 is 0 Å². The first kappa shape index (κ1) is 11.9. The van der Waals surface area contributed by atoms with E-state index in [1.807, 2.05) is 26.0 Å². The van der Waals surface area contributed by atoms with Gasteiger partial charge in [0.2, 0.25) is 0 Å². The van der Waals surface area contributed by atoms with E-state index in [9.17, 15) is 0 Å². The molecule has 0 saturated carbocycles. The first-order valence-corrected chi connectivity index (χ1v) is 5.64. The van der Waals surface area contributed by atoms with Crippen LogP contribution in [0.4, 0.5) is 0 Å². The number of aromatic amines is 1. The third-order valence-electron chi connectivity index (χ3n) is 2.62. The van der Waals surface area contributed by atoms with Crippen LogP contribution >= 0.6 is 0 Å². The number of H-pyrrole nitrogens is 1. The smallest absolute Gasteiger partial charge is 0.152 e. The Bertz CT molecular complexity index is 476. The molecule has 3 N–H and O–H groups in total. The van der Waals surface area contributed by atoms with Crippen LogP contribution in [-0.2, 0) is 6.54 Å². The van der Waals surface area contributed by atoms with E-state index in [4.69, 9.17) is 9.52 Å². The lowest BCUT2D eigenvalue weighted by Crippen LogP contribution is -2.28. The van der Waals surface area contributed by atoms with Crippen LogP contribution in [0.15, 0.2) is 22.7 Å². The van der Waals surface area contributed by atoms with E-state index in [1.54, 1.807) is 6.20 Å². The Morgan fingerprint density at radius 3 is 3.00 bits per heavy atom. The van der Waals surface area contributed by atoms with Crippen LogP contribution < -0.4 is 5.32 Å². The molecule has 0 saturated heterocycles. The van der Waals surface area contributed by atoms with Crippen molar-refractivity contribution in [1.82, 2.24) is 15.5 Å². The number of furan rings is 1. The quantitative estimate of drug-likeness (QED) is 0.733. The number of aromatic nitrogens is 2. The predicted molar refractivity (Wildman–Crippen MR) is 64.4 cm³/mol. The van der Waals surface area contributed by atoms with E-state index >= 15 is 0 Å². The molecule has 0 aliphatic heterocycles. The van der Waals surface area contributed by atoms with Gasteiger partial charge in [-0.3, -0.25) is 5.10 Å². The SMILES string of the molecule is Cc1ccc(-c2[nH]ncc2CNC(C)CO)o1. The molecular weight excluding hydrogens is 218 g/mol. The highest BCUT2D eigenvalue weighted by Gasteiger charge is 2.11. The fourth-order valence-corrected chi connectivity index (χ4v) is 1.58. The van der Waals surface area contributed by atoms with E-state index in [1.165, 1.54) is 0 Å². The molecule has 2 aromatic rings. The van der Waals surface area contributed by atoms with Crippen molar-refractivity contribution in [2.75, 3.05) is 6.61 Å². The molecule has 0 amide bonds. The Morgan fingerprint density at radius 1 is 1.53 bits per heavy atom. The monoisotopic (exact) mass is 235 g/mol. The molecule has 0 aliphatic carbocycles. The van der Waals surface area contributed by atoms with Crippen molar-refractivity contribution in [3.8, 4) is 11.5 Å². The average Bonchev–Trinajstić information content (AvgIpc) is 2.93. The molecule has 5 nitrogen and oxygen atoms in total. The summed E-state index contributed by atoms with van der Waals surface area (Å²) < 4.78 is 5.55. The highest BCUT2D eigenvalue weighted by molar-refractivity contribution is 5.56. The van der Waals surface area contributed by atoms with E-state index in [0.717, 1.165) is 22.8 Å². The van der Waals surface area contributed by atoms with Crippen molar-refractivity contribution >= 4 is 0 Å². The van der Waals surface area contributed by atoms with Crippen molar-refractivity contribution < 1.29 is 9.52 Å². The minimum Gasteiger partial charge on any atom is -0.460 e. The van der Waals surface area contributed by atoms with Gasteiger partial charge < -0.3 is 14.8 Å². The summed E-state index contributed by atoms with van der Waals surface area (Å²) in [6.07, 6.45) is 1.77. The molecule has 92 valence electrons. The van der Waals surface area contributed by atoms with Crippen LogP contribution in [-0.4, -0.2) is 28.0 Å². The Morgan fingerprint density at radius 2 is 2.35 bits per heavy atom. The molecular formula is C12H17N3O2. The molecule has 0 aliphatic rings. The first-order chi connectivity index (χ1) is 8.20. The zero-order chi connectivity index (χ0) is 12.3. The number of nitrogens with one attached hydrogen (secondary N) is 2. The Balaban J connectivity index is 2.12. The number of nitrogens with zero attached hydrogens (tertiary/aromatic N) is 1.